The van der Waals surface area contributed by atoms with E-state index < -0.39 is 52.5 Å². The summed E-state index contributed by atoms with van der Waals surface area (Å²) in [5.74, 6) is -0.969. The van der Waals surface area contributed by atoms with Gasteiger partial charge in [0.1, 0.15) is 0 Å². The number of anilines is 2. The van der Waals surface area contributed by atoms with Crippen molar-refractivity contribution < 1.29 is 39.5 Å². The van der Waals surface area contributed by atoms with E-state index in [2.05, 4.69) is 4.98 Å². The zero-order valence-electron chi connectivity index (χ0n) is 16.3. The van der Waals surface area contributed by atoms with Gasteiger partial charge in [0, 0.05) is 6.07 Å². The summed E-state index contributed by atoms with van der Waals surface area (Å²) in [7, 11) is 0. The normalized spacial score (nSPS) is 12.7. The van der Waals surface area contributed by atoms with Crippen LogP contribution in [0.4, 0.5) is 51.1 Å². The lowest BCUT2D eigenvalue weighted by atomic mass is 10.1. The van der Waals surface area contributed by atoms with Crippen LogP contribution in [0.1, 0.15) is 22.4 Å². The van der Waals surface area contributed by atoms with E-state index in [1.807, 2.05) is 5.32 Å². The number of aryl methyl sites for hydroxylation is 1. The Balaban J connectivity index is 2.25. The molecular weight excluding hydrogens is 469 g/mol. The molecule has 4 nitrogen and oxygen atoms in total. The van der Waals surface area contributed by atoms with Gasteiger partial charge in [-0.2, -0.15) is 39.5 Å². The number of alkyl halides is 9. The van der Waals surface area contributed by atoms with Crippen LogP contribution in [-0.2, 0) is 18.5 Å². The van der Waals surface area contributed by atoms with Crippen molar-refractivity contribution in [1.29, 1.82) is 0 Å². The van der Waals surface area contributed by atoms with Crippen LogP contribution in [0, 0.1) is 6.92 Å². The highest BCUT2D eigenvalue weighted by atomic mass is 19.4. The Morgan fingerprint density at radius 2 is 1.39 bits per heavy atom. The van der Waals surface area contributed by atoms with Gasteiger partial charge in [0.05, 0.1) is 22.5 Å². The molecule has 3 rings (SSSR count). The highest BCUT2D eigenvalue weighted by Crippen LogP contribution is 2.40. The predicted octanol–water partition coefficient (Wildman–Crippen LogP) is 6.34. The molecule has 0 atom stereocenters. The Bertz CT molecular complexity index is 1220. The molecule has 176 valence electrons. The first-order valence-electron chi connectivity index (χ1n) is 8.91. The third-order valence-corrected chi connectivity index (χ3v) is 4.40. The lowest BCUT2D eigenvalue weighted by Gasteiger charge is -2.19. The van der Waals surface area contributed by atoms with Crippen LogP contribution >= 0.6 is 0 Å². The SMILES string of the molecule is Cc1ccc(-n2c(Nc3ccc(C(F)(F)F)cc3C(F)(F)F)nc(C(F)(F)F)cc2=O)cc1. The molecule has 33 heavy (non-hydrogen) atoms. The highest BCUT2D eigenvalue weighted by molar-refractivity contribution is 5.62. The third kappa shape index (κ3) is 5.29. The number of nitrogens with zero attached hydrogens (tertiary/aromatic N) is 2. The molecule has 1 heterocycles. The molecule has 2 aromatic carbocycles. The summed E-state index contributed by atoms with van der Waals surface area (Å²) in [5.41, 5.74) is -6.74. The molecule has 13 heteroatoms. The Labute approximate surface area is 179 Å². The minimum Gasteiger partial charge on any atom is -0.325 e. The van der Waals surface area contributed by atoms with Crippen LogP contribution in [0.3, 0.4) is 0 Å². The van der Waals surface area contributed by atoms with Gasteiger partial charge in [0.2, 0.25) is 5.95 Å². The number of aromatic nitrogens is 2. The molecule has 1 aromatic heterocycles. The van der Waals surface area contributed by atoms with Crippen molar-refractivity contribution >= 4 is 11.6 Å². The first kappa shape index (κ1) is 24.1. The van der Waals surface area contributed by atoms with Gasteiger partial charge in [-0.1, -0.05) is 17.7 Å². The van der Waals surface area contributed by atoms with Crippen molar-refractivity contribution in [1.82, 2.24) is 9.55 Å². The van der Waals surface area contributed by atoms with E-state index in [4.69, 9.17) is 0 Å². The molecule has 3 aromatic rings. The number of nitrogens with one attached hydrogen (secondary N) is 1. The smallest absolute Gasteiger partial charge is 0.325 e. The van der Waals surface area contributed by atoms with E-state index in [1.165, 1.54) is 24.3 Å². The van der Waals surface area contributed by atoms with Gasteiger partial charge in [-0.05, 0) is 37.3 Å². The maximum Gasteiger partial charge on any atom is 0.433 e. The minimum atomic E-state index is -5.31. The number of halogens is 9. The molecule has 0 amide bonds. The Morgan fingerprint density at radius 1 is 0.788 bits per heavy atom. The van der Waals surface area contributed by atoms with Crippen molar-refractivity contribution in [2.45, 2.75) is 25.5 Å². The van der Waals surface area contributed by atoms with E-state index in [0.29, 0.717) is 22.3 Å². The van der Waals surface area contributed by atoms with Crippen molar-refractivity contribution in [3.8, 4) is 5.69 Å². The first-order chi connectivity index (χ1) is 15.1. The van der Waals surface area contributed by atoms with Crippen LogP contribution in [0.25, 0.3) is 5.69 Å². The molecular formula is C20H12F9N3O. The molecule has 0 aliphatic rings. The van der Waals surface area contributed by atoms with E-state index >= 15 is 0 Å². The van der Waals surface area contributed by atoms with Crippen molar-refractivity contribution in [3.05, 3.63) is 81.3 Å². The molecule has 0 fully saturated rings. The van der Waals surface area contributed by atoms with Gasteiger partial charge in [-0.25, -0.2) is 9.55 Å². The van der Waals surface area contributed by atoms with Crippen molar-refractivity contribution in [2.75, 3.05) is 5.32 Å². The van der Waals surface area contributed by atoms with Crippen LogP contribution in [-0.4, -0.2) is 9.55 Å². The second kappa shape index (κ2) is 8.12. The fourth-order valence-corrected chi connectivity index (χ4v) is 2.84. The largest absolute Gasteiger partial charge is 0.433 e. The average Bonchev–Trinajstić information content (AvgIpc) is 2.66. The summed E-state index contributed by atoms with van der Waals surface area (Å²) in [6.07, 6.45) is -15.5. The highest BCUT2D eigenvalue weighted by Gasteiger charge is 2.39. The van der Waals surface area contributed by atoms with E-state index in [9.17, 15) is 44.3 Å². The summed E-state index contributed by atoms with van der Waals surface area (Å²) < 4.78 is 119. The molecule has 1 N–H and O–H groups in total. The van der Waals surface area contributed by atoms with Gasteiger partial charge >= 0.3 is 18.5 Å². The second-order valence-electron chi connectivity index (χ2n) is 6.85. The number of hydrogen-bond donors (Lipinski definition) is 1. The summed E-state index contributed by atoms with van der Waals surface area (Å²) in [4.78, 5) is 15.7. The first-order valence-corrected chi connectivity index (χ1v) is 8.91. The second-order valence-corrected chi connectivity index (χ2v) is 6.85. The van der Waals surface area contributed by atoms with E-state index in [1.54, 1.807) is 6.92 Å². The van der Waals surface area contributed by atoms with E-state index in [0.717, 1.165) is 0 Å². The van der Waals surface area contributed by atoms with Crippen LogP contribution in [0.5, 0.6) is 0 Å². The zero-order chi connectivity index (χ0) is 24.8. The fourth-order valence-electron chi connectivity index (χ4n) is 2.84. The zero-order valence-corrected chi connectivity index (χ0v) is 16.3. The number of rotatable bonds is 3. The monoisotopic (exact) mass is 481 g/mol. The van der Waals surface area contributed by atoms with Crippen LogP contribution in [0.15, 0.2) is 53.3 Å². The standard InChI is InChI=1S/C20H12F9N3O/c1-10-2-5-12(6-3-10)32-16(33)9-15(20(27,28)29)31-17(32)30-14-7-4-11(18(21,22)23)8-13(14)19(24,25)26/h2-9H,1H3,(H,30,31). The van der Waals surface area contributed by atoms with Crippen molar-refractivity contribution in [2.24, 2.45) is 0 Å². The van der Waals surface area contributed by atoms with Gasteiger partial charge in [-0.15, -0.1) is 0 Å². The van der Waals surface area contributed by atoms with Gasteiger partial charge in [0.25, 0.3) is 5.56 Å². The molecule has 0 bridgehead atoms. The quantitative estimate of drug-likeness (QED) is 0.444. The number of benzene rings is 2. The predicted molar refractivity (Wildman–Crippen MR) is 99.3 cm³/mol. The van der Waals surface area contributed by atoms with Crippen LogP contribution < -0.4 is 10.9 Å². The molecule has 0 spiro atoms. The molecule has 0 aliphatic carbocycles. The minimum absolute atomic E-state index is 0.0326. The maximum absolute atomic E-state index is 13.5. The van der Waals surface area contributed by atoms with Crippen molar-refractivity contribution in [3.63, 3.8) is 0 Å². The van der Waals surface area contributed by atoms with Gasteiger partial charge in [-0.3, -0.25) is 4.79 Å². The summed E-state index contributed by atoms with van der Waals surface area (Å²) in [6, 6.07) is 6.29. The maximum atomic E-state index is 13.5. The lowest BCUT2D eigenvalue weighted by Crippen LogP contribution is -2.26. The lowest BCUT2D eigenvalue weighted by molar-refractivity contribution is -0.143. The fraction of sp³-hybridized carbons (Fsp3) is 0.200. The molecule has 0 aliphatic heterocycles. The molecule has 0 saturated heterocycles. The Morgan fingerprint density at radius 3 is 1.91 bits per heavy atom. The van der Waals surface area contributed by atoms with Gasteiger partial charge < -0.3 is 5.32 Å². The Kier molecular flexibility index (Phi) is 5.94. The molecule has 0 radical (unpaired) electrons. The molecule has 0 unspecified atom stereocenters. The van der Waals surface area contributed by atoms with E-state index in [-0.39, 0.29) is 17.8 Å². The summed E-state index contributed by atoms with van der Waals surface area (Å²) in [6.45, 7) is 1.68. The average molecular weight is 481 g/mol. The summed E-state index contributed by atoms with van der Waals surface area (Å²) in [5, 5.41) is 1.96. The summed E-state index contributed by atoms with van der Waals surface area (Å²) >= 11 is 0. The molecule has 0 saturated carbocycles. The van der Waals surface area contributed by atoms with Crippen LogP contribution in [0.2, 0.25) is 0 Å². The van der Waals surface area contributed by atoms with Gasteiger partial charge in [0.15, 0.2) is 5.69 Å². The Hall–Kier alpha value is -3.51. The third-order valence-electron chi connectivity index (χ3n) is 4.40. The topological polar surface area (TPSA) is 46.9 Å². The number of hydrogen-bond acceptors (Lipinski definition) is 3.